The molecular formula is C23H32N6O2S. The Morgan fingerprint density at radius 1 is 1.28 bits per heavy atom. The van der Waals surface area contributed by atoms with E-state index in [4.69, 9.17) is 15.1 Å². The fraction of sp³-hybridized carbons (Fsp3) is 0.478. The number of nitrogens with one attached hydrogen (secondary N) is 2. The Morgan fingerprint density at radius 2 is 2.00 bits per heavy atom. The molecular weight excluding hydrogens is 424 g/mol. The van der Waals surface area contributed by atoms with E-state index in [9.17, 15) is 4.79 Å². The normalized spacial score (nSPS) is 12.2. The number of amides is 1. The third kappa shape index (κ3) is 4.82. The number of aryl methyl sites for hydroxylation is 1. The number of rotatable bonds is 10. The van der Waals surface area contributed by atoms with Crippen molar-refractivity contribution in [1.82, 2.24) is 24.6 Å². The zero-order valence-corrected chi connectivity index (χ0v) is 20.3. The van der Waals surface area contributed by atoms with Crippen molar-refractivity contribution in [2.24, 2.45) is 0 Å². The second kappa shape index (κ2) is 10.7. The van der Waals surface area contributed by atoms with Crippen molar-refractivity contribution in [2.75, 3.05) is 20.2 Å². The van der Waals surface area contributed by atoms with Gasteiger partial charge >= 0.3 is 0 Å². The van der Waals surface area contributed by atoms with Gasteiger partial charge in [-0.3, -0.25) is 19.9 Å². The smallest absolute Gasteiger partial charge is 0.236 e. The molecule has 1 atom stereocenters. The van der Waals surface area contributed by atoms with Gasteiger partial charge < -0.3 is 9.64 Å². The number of carbonyl (C=O) groups is 1. The molecule has 2 N–H and O–H groups in total. The van der Waals surface area contributed by atoms with Crippen LogP contribution in [-0.2, 0) is 4.79 Å². The molecule has 172 valence electrons. The third-order valence-corrected chi connectivity index (χ3v) is 6.59. The van der Waals surface area contributed by atoms with Crippen molar-refractivity contribution in [3.8, 4) is 11.4 Å². The molecule has 3 rings (SSSR count). The first-order chi connectivity index (χ1) is 15.4. The predicted molar refractivity (Wildman–Crippen MR) is 127 cm³/mol. The Kier molecular flexibility index (Phi) is 7.95. The van der Waals surface area contributed by atoms with Gasteiger partial charge in [0.15, 0.2) is 10.8 Å². The van der Waals surface area contributed by atoms with E-state index in [0.29, 0.717) is 28.4 Å². The standard InChI is InChI=1S/C23H32N6O2S/c1-6-12-28(13-7-2)22(30)18(8-3)32-23-25-21-19(15(4)26-27-21)20(24)29(23)16-10-9-11-17(14-16)31-5/h9-11,14,18,24H,6-8,12-13H2,1-5H3,(H,26,27). The Balaban J connectivity index is 2.12. The lowest BCUT2D eigenvalue weighted by Gasteiger charge is -2.26. The minimum atomic E-state index is -0.297. The molecule has 32 heavy (non-hydrogen) atoms. The first-order valence-electron chi connectivity index (χ1n) is 11.1. The molecule has 0 bridgehead atoms. The van der Waals surface area contributed by atoms with Crippen LogP contribution in [0.5, 0.6) is 5.75 Å². The molecule has 2 aromatic heterocycles. The molecule has 0 radical (unpaired) electrons. The molecule has 9 heteroatoms. The number of aromatic amines is 1. The summed E-state index contributed by atoms with van der Waals surface area (Å²) in [5.74, 6) is 0.805. The first-order valence-corrected chi connectivity index (χ1v) is 11.9. The van der Waals surface area contributed by atoms with E-state index in [0.717, 1.165) is 37.3 Å². The highest BCUT2D eigenvalue weighted by atomic mass is 32.2. The minimum absolute atomic E-state index is 0.116. The van der Waals surface area contributed by atoms with Gasteiger partial charge in [-0.25, -0.2) is 4.98 Å². The van der Waals surface area contributed by atoms with E-state index >= 15 is 0 Å². The summed E-state index contributed by atoms with van der Waals surface area (Å²) in [5, 5.41) is 17.1. The van der Waals surface area contributed by atoms with E-state index < -0.39 is 0 Å². The summed E-state index contributed by atoms with van der Waals surface area (Å²) >= 11 is 1.40. The van der Waals surface area contributed by atoms with E-state index in [-0.39, 0.29) is 16.6 Å². The summed E-state index contributed by atoms with van der Waals surface area (Å²) in [6.07, 6.45) is 2.51. The maximum Gasteiger partial charge on any atom is 0.236 e. The van der Waals surface area contributed by atoms with Crippen LogP contribution in [-0.4, -0.2) is 56.0 Å². The van der Waals surface area contributed by atoms with Crippen LogP contribution in [0.1, 0.15) is 45.7 Å². The van der Waals surface area contributed by atoms with E-state index in [1.54, 1.807) is 11.7 Å². The van der Waals surface area contributed by atoms with Crippen LogP contribution in [0, 0.1) is 12.3 Å². The SMILES string of the molecule is CCCN(CCC)C(=O)C(CC)Sc1nc2n[nH]c(C)c2c(=N)n1-c1cccc(OC)c1. The van der Waals surface area contributed by atoms with Gasteiger partial charge in [0.2, 0.25) is 5.91 Å². The Morgan fingerprint density at radius 3 is 2.62 bits per heavy atom. The van der Waals surface area contributed by atoms with Crippen LogP contribution in [0.3, 0.4) is 0 Å². The number of benzene rings is 1. The lowest BCUT2D eigenvalue weighted by molar-refractivity contribution is -0.130. The highest BCUT2D eigenvalue weighted by molar-refractivity contribution is 8.00. The molecule has 1 unspecified atom stereocenters. The molecule has 1 aromatic carbocycles. The molecule has 0 fully saturated rings. The number of carbonyl (C=O) groups excluding carboxylic acids is 1. The molecule has 8 nitrogen and oxygen atoms in total. The topological polar surface area (TPSA) is 99.9 Å². The minimum Gasteiger partial charge on any atom is -0.497 e. The first kappa shape index (κ1) is 23.8. The quantitative estimate of drug-likeness (QED) is 0.354. The van der Waals surface area contributed by atoms with Gasteiger partial charge in [-0.05, 0) is 38.3 Å². The number of H-pyrrole nitrogens is 1. The van der Waals surface area contributed by atoms with Gasteiger partial charge in [0.05, 0.1) is 23.4 Å². The lowest BCUT2D eigenvalue weighted by Crippen LogP contribution is -2.39. The summed E-state index contributed by atoms with van der Waals surface area (Å²) in [7, 11) is 1.62. The van der Waals surface area contributed by atoms with Gasteiger partial charge in [-0.1, -0.05) is 38.6 Å². The Bertz CT molecular complexity index is 1130. The van der Waals surface area contributed by atoms with Crippen LogP contribution in [0.15, 0.2) is 29.4 Å². The van der Waals surface area contributed by atoms with Gasteiger partial charge in [-0.15, -0.1) is 0 Å². The number of fused-ring (bicyclic) bond motifs is 1. The van der Waals surface area contributed by atoms with Crippen molar-refractivity contribution in [1.29, 1.82) is 5.41 Å². The third-order valence-electron chi connectivity index (χ3n) is 5.29. The maximum absolute atomic E-state index is 13.3. The number of ether oxygens (including phenoxy) is 1. The Hall–Kier alpha value is -2.81. The summed E-state index contributed by atoms with van der Waals surface area (Å²) < 4.78 is 7.17. The van der Waals surface area contributed by atoms with Crippen LogP contribution in [0.4, 0.5) is 0 Å². The average Bonchev–Trinajstić information content (AvgIpc) is 3.17. The number of aromatic nitrogens is 4. The highest BCUT2D eigenvalue weighted by Crippen LogP contribution is 2.29. The number of hydrogen-bond donors (Lipinski definition) is 2. The molecule has 3 aromatic rings. The number of nitrogens with zero attached hydrogens (tertiary/aromatic N) is 4. The van der Waals surface area contributed by atoms with Crippen LogP contribution >= 0.6 is 11.8 Å². The van der Waals surface area contributed by atoms with Gasteiger partial charge in [0.25, 0.3) is 0 Å². The fourth-order valence-electron chi connectivity index (χ4n) is 3.71. The monoisotopic (exact) mass is 456 g/mol. The molecule has 1 amide bonds. The molecule has 2 heterocycles. The van der Waals surface area contributed by atoms with Crippen LogP contribution in [0.25, 0.3) is 16.7 Å². The summed E-state index contributed by atoms with van der Waals surface area (Å²) in [6.45, 7) is 9.55. The van der Waals surface area contributed by atoms with Crippen LogP contribution in [0.2, 0.25) is 0 Å². The van der Waals surface area contributed by atoms with Crippen molar-refractivity contribution >= 4 is 28.7 Å². The largest absolute Gasteiger partial charge is 0.497 e. The summed E-state index contributed by atoms with van der Waals surface area (Å²) in [4.78, 5) is 20.0. The summed E-state index contributed by atoms with van der Waals surface area (Å²) in [6, 6.07) is 7.53. The molecule has 0 spiro atoms. The zero-order valence-electron chi connectivity index (χ0n) is 19.4. The van der Waals surface area contributed by atoms with E-state index in [2.05, 4.69) is 24.0 Å². The van der Waals surface area contributed by atoms with Crippen LogP contribution < -0.4 is 10.2 Å². The van der Waals surface area contributed by atoms with Gasteiger partial charge in [0, 0.05) is 24.8 Å². The van der Waals surface area contributed by atoms with Crippen molar-refractivity contribution < 1.29 is 9.53 Å². The molecule has 0 aliphatic rings. The molecule has 0 aliphatic heterocycles. The van der Waals surface area contributed by atoms with E-state index in [1.807, 2.05) is 43.0 Å². The maximum atomic E-state index is 13.3. The number of methoxy groups -OCH3 is 1. The van der Waals surface area contributed by atoms with Gasteiger partial charge in [-0.2, -0.15) is 5.10 Å². The number of thioether (sulfide) groups is 1. The Labute approximate surface area is 192 Å². The van der Waals surface area contributed by atoms with E-state index in [1.165, 1.54) is 11.8 Å². The average molecular weight is 457 g/mol. The second-order valence-electron chi connectivity index (χ2n) is 7.67. The molecule has 0 saturated heterocycles. The molecule has 0 saturated carbocycles. The van der Waals surface area contributed by atoms with Crippen molar-refractivity contribution in [2.45, 2.75) is 57.4 Å². The highest BCUT2D eigenvalue weighted by Gasteiger charge is 2.26. The van der Waals surface area contributed by atoms with Crippen molar-refractivity contribution in [3.05, 3.63) is 35.4 Å². The van der Waals surface area contributed by atoms with Gasteiger partial charge in [0.1, 0.15) is 11.2 Å². The summed E-state index contributed by atoms with van der Waals surface area (Å²) in [5.41, 5.74) is 2.30. The number of hydrogen-bond acceptors (Lipinski definition) is 6. The fourth-order valence-corrected chi connectivity index (χ4v) is 4.82. The predicted octanol–water partition coefficient (Wildman–Crippen LogP) is 4.06. The van der Waals surface area contributed by atoms with Crippen molar-refractivity contribution in [3.63, 3.8) is 0 Å². The lowest BCUT2D eigenvalue weighted by atomic mass is 10.2. The molecule has 0 aliphatic carbocycles. The second-order valence-corrected chi connectivity index (χ2v) is 8.84. The zero-order chi connectivity index (χ0) is 23.3.